The summed E-state index contributed by atoms with van der Waals surface area (Å²) < 4.78 is 32.2. The summed E-state index contributed by atoms with van der Waals surface area (Å²) in [6.07, 6.45) is 1.52. The molecule has 0 spiro atoms. The lowest BCUT2D eigenvalue weighted by molar-refractivity contribution is -0.439. The molecule has 0 saturated carbocycles. The van der Waals surface area contributed by atoms with E-state index in [4.69, 9.17) is 4.55 Å². The van der Waals surface area contributed by atoms with Crippen molar-refractivity contribution in [2.45, 2.75) is 17.7 Å². The van der Waals surface area contributed by atoms with Gasteiger partial charge in [0.1, 0.15) is 0 Å². The zero-order valence-electron chi connectivity index (χ0n) is 8.50. The van der Waals surface area contributed by atoms with Gasteiger partial charge in [0, 0.05) is 18.6 Å². The molecule has 0 aliphatic carbocycles. The van der Waals surface area contributed by atoms with Gasteiger partial charge in [0.15, 0.2) is 6.54 Å². The highest BCUT2D eigenvalue weighted by atomic mass is 32.2. The minimum Gasteiger partial charge on any atom is -0.463 e. The monoisotopic (exact) mass is 242 g/mol. The van der Waals surface area contributed by atoms with E-state index in [0.29, 0.717) is 12.3 Å². The fourth-order valence-corrected chi connectivity index (χ4v) is 2.22. The van der Waals surface area contributed by atoms with Crippen LogP contribution in [-0.2, 0) is 10.1 Å². The van der Waals surface area contributed by atoms with Crippen LogP contribution in [0.15, 0.2) is 29.2 Å². The summed E-state index contributed by atoms with van der Waals surface area (Å²) in [6.45, 7) is 0.719. The zero-order chi connectivity index (χ0) is 11.8. The Morgan fingerprint density at radius 3 is 2.25 bits per heavy atom. The Morgan fingerprint density at radius 1 is 1.19 bits per heavy atom. The fraction of sp³-hybridized carbons (Fsp3) is 0.300. The van der Waals surface area contributed by atoms with E-state index in [9.17, 15) is 13.5 Å². The van der Waals surface area contributed by atoms with Gasteiger partial charge in [-0.2, -0.15) is 13.0 Å². The molecule has 1 aliphatic rings. The van der Waals surface area contributed by atoms with Crippen LogP contribution in [0, 0.1) is 0 Å². The van der Waals surface area contributed by atoms with Gasteiger partial charge in [0.25, 0.3) is 10.1 Å². The number of benzene rings is 1. The van der Waals surface area contributed by atoms with Crippen LogP contribution < -0.4 is 0 Å². The summed E-state index contributed by atoms with van der Waals surface area (Å²) in [5.41, 5.74) is 0.724. The van der Waals surface area contributed by atoms with Crippen LogP contribution >= 0.6 is 0 Å². The minimum atomic E-state index is -4.14. The van der Waals surface area contributed by atoms with Crippen molar-refractivity contribution in [1.82, 2.24) is 0 Å². The SMILES string of the molecule is O=S(=O)(O)c1ccc([N+]2=C(O)CCC2)cc1. The quantitative estimate of drug-likeness (QED) is 0.605. The molecule has 0 saturated heterocycles. The van der Waals surface area contributed by atoms with Crippen molar-refractivity contribution in [3.8, 4) is 0 Å². The lowest BCUT2D eigenvalue weighted by Gasteiger charge is -1.99. The zero-order valence-corrected chi connectivity index (χ0v) is 9.31. The summed E-state index contributed by atoms with van der Waals surface area (Å²) in [7, 11) is -4.14. The first kappa shape index (κ1) is 11.1. The molecule has 2 N–H and O–H groups in total. The molecule has 16 heavy (non-hydrogen) atoms. The van der Waals surface area contributed by atoms with Crippen molar-refractivity contribution in [3.05, 3.63) is 24.3 Å². The Kier molecular flexibility index (Phi) is 2.69. The Hall–Kier alpha value is -1.40. The van der Waals surface area contributed by atoms with E-state index in [0.717, 1.165) is 18.7 Å². The summed E-state index contributed by atoms with van der Waals surface area (Å²) in [5, 5.41) is 9.55. The molecule has 0 unspecified atom stereocenters. The van der Waals surface area contributed by atoms with Gasteiger partial charge in [-0.25, -0.2) is 0 Å². The Bertz CT molecular complexity index is 530. The highest BCUT2D eigenvalue weighted by Crippen LogP contribution is 2.19. The molecule has 0 bridgehead atoms. The number of hydrogen-bond acceptors (Lipinski definition) is 2. The molecular formula is C10H12NO4S+. The van der Waals surface area contributed by atoms with Gasteiger partial charge in [-0.3, -0.25) is 4.55 Å². The largest absolute Gasteiger partial charge is 0.463 e. The van der Waals surface area contributed by atoms with Crippen LogP contribution in [0.3, 0.4) is 0 Å². The normalized spacial score (nSPS) is 16.8. The minimum absolute atomic E-state index is 0.144. The first-order chi connectivity index (χ1) is 7.48. The van der Waals surface area contributed by atoms with Crippen molar-refractivity contribution in [1.29, 1.82) is 0 Å². The van der Waals surface area contributed by atoms with E-state index in [1.54, 1.807) is 16.7 Å². The number of hydrogen-bond donors (Lipinski definition) is 2. The van der Waals surface area contributed by atoms with E-state index in [-0.39, 0.29) is 4.90 Å². The van der Waals surface area contributed by atoms with Crippen molar-refractivity contribution < 1.29 is 22.7 Å². The van der Waals surface area contributed by atoms with E-state index < -0.39 is 10.1 Å². The maximum absolute atomic E-state index is 10.8. The third-order valence-corrected chi connectivity index (χ3v) is 3.41. The van der Waals surface area contributed by atoms with Gasteiger partial charge in [-0.05, 0) is 12.1 Å². The van der Waals surface area contributed by atoms with Gasteiger partial charge in [0.05, 0.1) is 11.3 Å². The average Bonchev–Trinajstić information content (AvgIpc) is 2.63. The predicted octanol–water partition coefficient (Wildman–Crippen LogP) is 1.33. The highest BCUT2D eigenvalue weighted by molar-refractivity contribution is 7.85. The maximum Gasteiger partial charge on any atom is 0.339 e. The van der Waals surface area contributed by atoms with Gasteiger partial charge in [-0.1, -0.05) is 0 Å². The third kappa shape index (κ3) is 2.07. The van der Waals surface area contributed by atoms with Crippen molar-refractivity contribution in [2.75, 3.05) is 6.54 Å². The number of aliphatic hydroxyl groups excluding tert-OH is 1. The van der Waals surface area contributed by atoms with E-state index in [2.05, 4.69) is 0 Å². The van der Waals surface area contributed by atoms with Crippen molar-refractivity contribution >= 4 is 21.7 Å². The summed E-state index contributed by atoms with van der Waals surface area (Å²) >= 11 is 0. The molecule has 1 heterocycles. The highest BCUT2D eigenvalue weighted by Gasteiger charge is 2.23. The van der Waals surface area contributed by atoms with Gasteiger partial charge in [-0.15, -0.1) is 0 Å². The average molecular weight is 242 g/mol. The molecule has 0 fully saturated rings. The van der Waals surface area contributed by atoms with E-state index in [1.165, 1.54) is 12.1 Å². The molecule has 6 heteroatoms. The smallest absolute Gasteiger partial charge is 0.339 e. The lowest BCUT2D eigenvalue weighted by atomic mass is 10.3. The standard InChI is InChI=1S/C10H11NO4S/c12-10-2-1-7-11(10)8-3-5-9(6-4-8)16(13,14)15/h3-6H,1-2,7H2,(H,13,14,15)/p+1. The van der Waals surface area contributed by atoms with Crippen LogP contribution in [0.25, 0.3) is 0 Å². The van der Waals surface area contributed by atoms with Gasteiger partial charge >= 0.3 is 5.90 Å². The second-order valence-corrected chi connectivity index (χ2v) is 5.06. The Labute approximate surface area is 93.4 Å². The molecular weight excluding hydrogens is 230 g/mol. The van der Waals surface area contributed by atoms with Crippen LogP contribution in [0.4, 0.5) is 5.69 Å². The molecule has 1 aromatic rings. The molecule has 86 valence electrons. The molecule has 2 rings (SSSR count). The lowest BCUT2D eigenvalue weighted by Crippen LogP contribution is -2.08. The van der Waals surface area contributed by atoms with Gasteiger partial charge in [0.2, 0.25) is 5.69 Å². The van der Waals surface area contributed by atoms with Crippen LogP contribution in [0.1, 0.15) is 12.8 Å². The Balaban J connectivity index is 2.37. The molecule has 1 aromatic carbocycles. The number of rotatable bonds is 2. The summed E-state index contributed by atoms with van der Waals surface area (Å²) in [4.78, 5) is -0.144. The van der Waals surface area contributed by atoms with Crippen LogP contribution in [0.2, 0.25) is 0 Å². The molecule has 0 atom stereocenters. The second-order valence-electron chi connectivity index (χ2n) is 3.64. The number of aliphatic hydroxyl groups is 1. The van der Waals surface area contributed by atoms with Gasteiger partial charge < -0.3 is 5.11 Å². The fourth-order valence-electron chi connectivity index (χ4n) is 1.74. The van der Waals surface area contributed by atoms with E-state index >= 15 is 0 Å². The second kappa shape index (κ2) is 3.88. The maximum atomic E-state index is 10.8. The van der Waals surface area contributed by atoms with E-state index in [1.807, 2.05) is 0 Å². The topological polar surface area (TPSA) is 77.6 Å². The number of nitrogens with zero attached hydrogens (tertiary/aromatic N) is 1. The third-order valence-electron chi connectivity index (χ3n) is 2.54. The van der Waals surface area contributed by atoms with Crippen LogP contribution in [0.5, 0.6) is 0 Å². The summed E-state index contributed by atoms with van der Waals surface area (Å²) in [5.74, 6) is 0.291. The molecule has 0 radical (unpaired) electrons. The predicted molar refractivity (Wildman–Crippen MR) is 57.9 cm³/mol. The first-order valence-corrected chi connectivity index (χ1v) is 6.32. The molecule has 0 aromatic heterocycles. The van der Waals surface area contributed by atoms with Crippen molar-refractivity contribution in [3.63, 3.8) is 0 Å². The van der Waals surface area contributed by atoms with Crippen molar-refractivity contribution in [2.24, 2.45) is 0 Å². The Morgan fingerprint density at radius 2 is 1.81 bits per heavy atom. The summed E-state index contributed by atoms with van der Waals surface area (Å²) in [6, 6.07) is 5.75. The molecule has 0 amide bonds. The van der Waals surface area contributed by atoms with Crippen LogP contribution in [-0.4, -0.2) is 35.1 Å². The molecule has 1 aliphatic heterocycles. The first-order valence-electron chi connectivity index (χ1n) is 4.88. The molecule has 5 nitrogen and oxygen atoms in total.